The number of Topliss-reactive ketones (excluding diaryl/α,β-unsaturated/α-hetero) is 1. The molecule has 0 amide bonds. The summed E-state index contributed by atoms with van der Waals surface area (Å²) in [6.45, 7) is 1.64. The number of carboxylic acids is 1. The van der Waals surface area contributed by atoms with Crippen LogP contribution in [0, 0.1) is 12.8 Å². The van der Waals surface area contributed by atoms with Crippen molar-refractivity contribution in [2.75, 3.05) is 0 Å². The summed E-state index contributed by atoms with van der Waals surface area (Å²) < 4.78 is 1.16. The first kappa shape index (κ1) is 15.1. The van der Waals surface area contributed by atoms with Gasteiger partial charge in [0.25, 0.3) is 5.56 Å². The molecule has 1 aliphatic rings. The highest BCUT2D eigenvalue weighted by Crippen LogP contribution is 2.56. The molecule has 1 heterocycles. The number of carbonyl (C=O) groups is 2. The van der Waals surface area contributed by atoms with E-state index in [1.165, 1.54) is 13.1 Å². The van der Waals surface area contributed by atoms with Crippen molar-refractivity contribution in [1.29, 1.82) is 0 Å². The van der Waals surface area contributed by atoms with Crippen molar-refractivity contribution in [3.8, 4) is 0 Å². The van der Waals surface area contributed by atoms with Crippen LogP contribution in [0.15, 0.2) is 41.2 Å². The Morgan fingerprint density at radius 3 is 2.52 bits per heavy atom. The molecule has 23 heavy (non-hydrogen) atoms. The number of benzene rings is 1. The highest BCUT2D eigenvalue weighted by Gasteiger charge is 2.64. The molecule has 6 heteroatoms. The molecule has 0 spiro atoms. The van der Waals surface area contributed by atoms with E-state index in [4.69, 9.17) is 0 Å². The molecular weight excluding hydrogens is 296 g/mol. The van der Waals surface area contributed by atoms with E-state index >= 15 is 0 Å². The fourth-order valence-electron chi connectivity index (χ4n) is 3.12. The highest BCUT2D eigenvalue weighted by molar-refractivity contribution is 6.10. The average Bonchev–Trinajstić information content (AvgIpc) is 3.28. The number of rotatable bonds is 4. The zero-order chi connectivity index (χ0) is 16.8. The molecule has 0 saturated heterocycles. The lowest BCUT2D eigenvalue weighted by Crippen LogP contribution is -2.30. The van der Waals surface area contributed by atoms with Gasteiger partial charge >= 0.3 is 5.97 Å². The second kappa shape index (κ2) is 5.15. The minimum Gasteiger partial charge on any atom is -0.481 e. The van der Waals surface area contributed by atoms with Crippen LogP contribution in [-0.4, -0.2) is 26.6 Å². The number of carboxylic acid groups (broad SMARTS) is 1. The molecule has 1 aliphatic carbocycles. The highest BCUT2D eigenvalue weighted by atomic mass is 16.4. The van der Waals surface area contributed by atoms with Gasteiger partial charge in [-0.25, -0.2) is 4.68 Å². The van der Waals surface area contributed by atoms with Gasteiger partial charge in [-0.15, -0.1) is 0 Å². The van der Waals surface area contributed by atoms with Crippen molar-refractivity contribution < 1.29 is 14.7 Å². The number of carbonyl (C=O) groups excluding carboxylic acids is 1. The number of aryl methyl sites for hydroxylation is 2. The minimum atomic E-state index is -1.11. The molecule has 3 rings (SSSR count). The van der Waals surface area contributed by atoms with Crippen LogP contribution >= 0.6 is 0 Å². The third kappa shape index (κ3) is 2.27. The molecule has 0 unspecified atom stereocenters. The van der Waals surface area contributed by atoms with E-state index < -0.39 is 22.9 Å². The van der Waals surface area contributed by atoms with Crippen LogP contribution in [0.25, 0.3) is 0 Å². The van der Waals surface area contributed by atoms with Gasteiger partial charge in [-0.05, 0) is 18.9 Å². The Morgan fingerprint density at radius 1 is 1.30 bits per heavy atom. The Morgan fingerprint density at radius 2 is 1.96 bits per heavy atom. The molecule has 1 aromatic heterocycles. The smallest absolute Gasteiger partial charge is 0.307 e. The predicted molar refractivity (Wildman–Crippen MR) is 82.4 cm³/mol. The SMILES string of the molecule is Cc1nn(C)c(=O)cc1C(=O)[C@@]1(c2ccccc2)C[C@H]1C(=O)O. The van der Waals surface area contributed by atoms with Gasteiger partial charge in [0.05, 0.1) is 17.0 Å². The molecule has 1 fully saturated rings. The van der Waals surface area contributed by atoms with Crippen molar-refractivity contribution in [1.82, 2.24) is 9.78 Å². The maximum Gasteiger partial charge on any atom is 0.307 e. The Hall–Kier alpha value is -2.76. The topological polar surface area (TPSA) is 89.3 Å². The predicted octanol–water partition coefficient (Wildman–Crippen LogP) is 1.31. The molecule has 0 bridgehead atoms. The lowest BCUT2D eigenvalue weighted by atomic mass is 9.85. The van der Waals surface area contributed by atoms with Crippen LogP contribution in [-0.2, 0) is 17.3 Å². The Balaban J connectivity index is 2.13. The third-order valence-electron chi connectivity index (χ3n) is 4.47. The normalized spacial score (nSPS) is 22.6. The Kier molecular flexibility index (Phi) is 3.39. The first-order valence-corrected chi connectivity index (χ1v) is 7.26. The molecule has 6 nitrogen and oxygen atoms in total. The van der Waals surface area contributed by atoms with Gasteiger partial charge in [-0.3, -0.25) is 14.4 Å². The Bertz CT molecular complexity index is 857. The standard InChI is InChI=1S/C17H16N2O4/c1-10-12(8-14(20)19(2)18-10)15(21)17(9-13(17)16(22)23)11-6-4-3-5-7-11/h3-8,13H,9H2,1-2H3,(H,22,23)/t13-,17+/m0/s1. The average molecular weight is 312 g/mol. The van der Waals surface area contributed by atoms with Gasteiger partial charge in [-0.1, -0.05) is 30.3 Å². The van der Waals surface area contributed by atoms with Gasteiger partial charge in [0.2, 0.25) is 0 Å². The zero-order valence-corrected chi connectivity index (χ0v) is 12.8. The van der Waals surface area contributed by atoms with E-state index in [9.17, 15) is 19.5 Å². The molecule has 2 atom stereocenters. The zero-order valence-electron chi connectivity index (χ0n) is 12.8. The van der Waals surface area contributed by atoms with Crippen molar-refractivity contribution in [3.63, 3.8) is 0 Å². The molecule has 1 aromatic carbocycles. The number of nitrogens with zero attached hydrogens (tertiary/aromatic N) is 2. The van der Waals surface area contributed by atoms with Crippen molar-refractivity contribution >= 4 is 11.8 Å². The summed E-state index contributed by atoms with van der Waals surface area (Å²) in [6, 6.07) is 10.1. The molecule has 2 aromatic rings. The summed E-state index contributed by atoms with van der Waals surface area (Å²) in [7, 11) is 1.51. The largest absolute Gasteiger partial charge is 0.481 e. The van der Waals surface area contributed by atoms with Crippen LogP contribution in [0.4, 0.5) is 0 Å². The number of hydrogen-bond acceptors (Lipinski definition) is 4. The van der Waals surface area contributed by atoms with E-state index in [0.717, 1.165) is 4.68 Å². The molecule has 118 valence electrons. The minimum absolute atomic E-state index is 0.195. The molecular formula is C17H16N2O4. The van der Waals surface area contributed by atoms with Crippen molar-refractivity contribution in [3.05, 3.63) is 63.6 Å². The van der Waals surface area contributed by atoms with Crippen LogP contribution in [0.3, 0.4) is 0 Å². The maximum absolute atomic E-state index is 13.1. The third-order valence-corrected chi connectivity index (χ3v) is 4.47. The first-order valence-electron chi connectivity index (χ1n) is 7.26. The fraction of sp³-hybridized carbons (Fsp3) is 0.294. The summed E-state index contributed by atoms with van der Waals surface area (Å²) in [6.07, 6.45) is 0.236. The van der Waals surface area contributed by atoms with Gasteiger partial charge in [0, 0.05) is 18.7 Å². The summed E-state index contributed by atoms with van der Waals surface area (Å²) in [4.78, 5) is 36.4. The number of aromatic nitrogens is 2. The maximum atomic E-state index is 13.1. The molecule has 0 aliphatic heterocycles. The number of hydrogen-bond donors (Lipinski definition) is 1. The van der Waals surface area contributed by atoms with E-state index in [2.05, 4.69) is 5.10 Å². The van der Waals surface area contributed by atoms with E-state index in [1.54, 1.807) is 31.2 Å². The first-order chi connectivity index (χ1) is 10.9. The summed E-state index contributed by atoms with van der Waals surface area (Å²) in [5.74, 6) is -2.13. The van der Waals surface area contributed by atoms with Gasteiger partial charge < -0.3 is 5.11 Å². The van der Waals surface area contributed by atoms with Crippen molar-refractivity contribution in [2.24, 2.45) is 13.0 Å². The van der Waals surface area contributed by atoms with E-state index in [1.807, 2.05) is 6.07 Å². The van der Waals surface area contributed by atoms with Crippen LogP contribution in [0.2, 0.25) is 0 Å². The number of aliphatic carboxylic acids is 1. The lowest BCUT2D eigenvalue weighted by Gasteiger charge is -2.17. The van der Waals surface area contributed by atoms with Crippen LogP contribution < -0.4 is 5.56 Å². The Labute approximate surface area is 132 Å². The fourth-order valence-corrected chi connectivity index (χ4v) is 3.12. The van der Waals surface area contributed by atoms with Gasteiger partial charge in [0.1, 0.15) is 0 Å². The summed E-state index contributed by atoms with van der Waals surface area (Å²) in [5.41, 5.74) is -0.220. The molecule has 1 N–H and O–H groups in total. The van der Waals surface area contributed by atoms with Gasteiger partial charge in [0.15, 0.2) is 5.78 Å². The van der Waals surface area contributed by atoms with E-state index in [0.29, 0.717) is 11.3 Å². The van der Waals surface area contributed by atoms with Crippen molar-refractivity contribution in [2.45, 2.75) is 18.8 Å². The van der Waals surface area contributed by atoms with Gasteiger partial charge in [-0.2, -0.15) is 5.10 Å². The number of ketones is 1. The van der Waals surface area contributed by atoms with Crippen LogP contribution in [0.1, 0.15) is 28.0 Å². The molecule has 0 radical (unpaired) electrons. The second-order valence-corrected chi connectivity index (χ2v) is 5.87. The quantitative estimate of drug-likeness (QED) is 0.860. The molecule has 1 saturated carbocycles. The van der Waals surface area contributed by atoms with Crippen LogP contribution in [0.5, 0.6) is 0 Å². The van der Waals surface area contributed by atoms with E-state index in [-0.39, 0.29) is 17.8 Å². The monoisotopic (exact) mass is 312 g/mol. The summed E-state index contributed by atoms with van der Waals surface area (Å²) in [5, 5.41) is 13.4. The summed E-state index contributed by atoms with van der Waals surface area (Å²) >= 11 is 0. The second-order valence-electron chi connectivity index (χ2n) is 5.87. The lowest BCUT2D eigenvalue weighted by molar-refractivity contribution is -0.138.